The van der Waals surface area contributed by atoms with Crippen LogP contribution in [0.25, 0.3) is 0 Å². The molecule has 0 aliphatic heterocycles. The Morgan fingerprint density at radius 1 is 1.07 bits per heavy atom. The molecule has 0 bridgehead atoms. The van der Waals surface area contributed by atoms with Crippen LogP contribution in [0.4, 0.5) is 0 Å². The van der Waals surface area contributed by atoms with Gasteiger partial charge in [0.05, 0.1) is 0 Å². The van der Waals surface area contributed by atoms with E-state index in [1.165, 1.54) is 4.90 Å². The summed E-state index contributed by atoms with van der Waals surface area (Å²) in [6.45, 7) is 11.5. The number of carbonyl (C=O) groups is 2. The van der Waals surface area contributed by atoms with Gasteiger partial charge in [-0.3, -0.25) is 9.59 Å². The number of aryl methyl sites for hydroxylation is 2. The number of carbonyl (C=O) groups excluding carboxylic acids is 2. The van der Waals surface area contributed by atoms with Gasteiger partial charge in [0, 0.05) is 17.1 Å². The molecule has 2 aromatic rings. The summed E-state index contributed by atoms with van der Waals surface area (Å²) in [4.78, 5) is 27.3. The molecule has 30 heavy (non-hydrogen) atoms. The van der Waals surface area contributed by atoms with Gasteiger partial charge in [-0.2, -0.15) is 0 Å². The molecule has 0 aliphatic carbocycles. The number of hydrogen-bond acceptors (Lipinski definition) is 3. The Kier molecular flexibility index (Phi) is 7.90. The SMILES string of the molecule is Cc1cc(C)cc(OCC(=O)N(Cc2ccc(Cl)cc2)[C@@H](C)C(=O)NC(C)(C)C)c1. The van der Waals surface area contributed by atoms with Crippen molar-refractivity contribution < 1.29 is 14.3 Å². The predicted molar refractivity (Wildman–Crippen MR) is 121 cm³/mol. The summed E-state index contributed by atoms with van der Waals surface area (Å²) in [5.74, 6) is 0.163. The molecule has 1 N–H and O–H groups in total. The Labute approximate surface area is 184 Å². The molecule has 5 nitrogen and oxygen atoms in total. The highest BCUT2D eigenvalue weighted by molar-refractivity contribution is 6.30. The summed E-state index contributed by atoms with van der Waals surface area (Å²) in [5.41, 5.74) is 2.62. The highest BCUT2D eigenvalue weighted by Crippen LogP contribution is 2.18. The molecule has 0 heterocycles. The lowest BCUT2D eigenvalue weighted by molar-refractivity contribution is -0.142. The molecule has 2 amide bonds. The minimum Gasteiger partial charge on any atom is -0.484 e. The zero-order valence-corrected chi connectivity index (χ0v) is 19.3. The van der Waals surface area contributed by atoms with Gasteiger partial charge in [0.1, 0.15) is 11.8 Å². The molecule has 0 unspecified atom stereocenters. The maximum atomic E-state index is 13.1. The van der Waals surface area contributed by atoms with E-state index >= 15 is 0 Å². The number of hydrogen-bond donors (Lipinski definition) is 1. The average Bonchev–Trinajstić information content (AvgIpc) is 2.63. The van der Waals surface area contributed by atoms with E-state index in [4.69, 9.17) is 16.3 Å². The molecule has 6 heteroatoms. The lowest BCUT2D eigenvalue weighted by Crippen LogP contribution is -2.53. The highest BCUT2D eigenvalue weighted by atomic mass is 35.5. The molecule has 2 aromatic carbocycles. The lowest BCUT2D eigenvalue weighted by atomic mass is 10.1. The molecule has 162 valence electrons. The standard InChI is InChI=1S/C24H31ClN2O3/c1-16-11-17(2)13-21(12-16)30-15-22(28)27(14-19-7-9-20(25)10-8-19)18(3)23(29)26-24(4,5)6/h7-13,18H,14-15H2,1-6H3,(H,26,29)/t18-/m0/s1. The Hall–Kier alpha value is -2.53. The van der Waals surface area contributed by atoms with Crippen LogP contribution in [-0.4, -0.2) is 34.9 Å². The van der Waals surface area contributed by atoms with E-state index in [1.54, 1.807) is 19.1 Å². The molecule has 0 saturated carbocycles. The van der Waals surface area contributed by atoms with E-state index in [2.05, 4.69) is 5.32 Å². The summed E-state index contributed by atoms with van der Waals surface area (Å²) >= 11 is 5.97. The van der Waals surface area contributed by atoms with Crippen molar-refractivity contribution >= 4 is 23.4 Å². The molecule has 0 aromatic heterocycles. The van der Waals surface area contributed by atoms with Gasteiger partial charge in [-0.1, -0.05) is 29.8 Å². The minimum absolute atomic E-state index is 0.149. The molecule has 0 fully saturated rings. The van der Waals surface area contributed by atoms with Crippen molar-refractivity contribution in [1.29, 1.82) is 0 Å². The molecular weight excluding hydrogens is 400 g/mol. The van der Waals surface area contributed by atoms with E-state index in [0.29, 0.717) is 10.8 Å². The first-order chi connectivity index (χ1) is 13.9. The van der Waals surface area contributed by atoms with Gasteiger partial charge in [-0.25, -0.2) is 0 Å². The zero-order valence-electron chi connectivity index (χ0n) is 18.6. The Balaban J connectivity index is 2.18. The van der Waals surface area contributed by atoms with E-state index in [-0.39, 0.29) is 25.0 Å². The summed E-state index contributed by atoms with van der Waals surface area (Å²) in [6.07, 6.45) is 0. The lowest BCUT2D eigenvalue weighted by Gasteiger charge is -2.31. The molecule has 2 rings (SSSR count). The maximum absolute atomic E-state index is 13.1. The van der Waals surface area contributed by atoms with Crippen LogP contribution in [0.1, 0.15) is 44.4 Å². The first-order valence-electron chi connectivity index (χ1n) is 10.0. The van der Waals surface area contributed by atoms with Gasteiger partial charge >= 0.3 is 0 Å². The fraction of sp³-hybridized carbons (Fsp3) is 0.417. The van der Waals surface area contributed by atoms with Crippen LogP contribution in [0.2, 0.25) is 5.02 Å². The number of ether oxygens (including phenoxy) is 1. The van der Waals surface area contributed by atoms with Crippen LogP contribution in [-0.2, 0) is 16.1 Å². The van der Waals surface area contributed by atoms with Gasteiger partial charge in [0.25, 0.3) is 5.91 Å². The second-order valence-electron chi connectivity index (χ2n) is 8.68. The van der Waals surface area contributed by atoms with E-state index in [1.807, 2.05) is 65.0 Å². The van der Waals surface area contributed by atoms with Gasteiger partial charge in [0.15, 0.2) is 6.61 Å². The summed E-state index contributed by atoms with van der Waals surface area (Å²) < 4.78 is 5.75. The first kappa shape index (κ1) is 23.7. The van der Waals surface area contributed by atoms with Crippen LogP contribution in [0.3, 0.4) is 0 Å². The molecule has 0 spiro atoms. The fourth-order valence-electron chi connectivity index (χ4n) is 3.09. The third-order valence-corrected chi connectivity index (χ3v) is 4.74. The minimum atomic E-state index is -0.657. The van der Waals surface area contributed by atoms with Gasteiger partial charge in [-0.05, 0) is 82.5 Å². The molecule has 0 aliphatic rings. The van der Waals surface area contributed by atoms with E-state index < -0.39 is 11.6 Å². The van der Waals surface area contributed by atoms with E-state index in [0.717, 1.165) is 16.7 Å². The van der Waals surface area contributed by atoms with Crippen LogP contribution in [0.15, 0.2) is 42.5 Å². The highest BCUT2D eigenvalue weighted by Gasteiger charge is 2.28. The fourth-order valence-corrected chi connectivity index (χ4v) is 3.21. The topological polar surface area (TPSA) is 58.6 Å². The van der Waals surface area contributed by atoms with Crippen LogP contribution in [0, 0.1) is 13.8 Å². The molecular formula is C24H31ClN2O3. The molecule has 0 saturated heterocycles. The first-order valence-corrected chi connectivity index (χ1v) is 10.4. The molecule has 1 atom stereocenters. The number of halogens is 1. The van der Waals surface area contributed by atoms with Crippen LogP contribution in [0.5, 0.6) is 5.75 Å². The monoisotopic (exact) mass is 430 g/mol. The number of benzene rings is 2. The zero-order chi connectivity index (χ0) is 22.5. The quantitative estimate of drug-likeness (QED) is 0.694. The normalized spacial score (nSPS) is 12.2. The largest absolute Gasteiger partial charge is 0.484 e. The van der Waals surface area contributed by atoms with Crippen LogP contribution >= 0.6 is 11.6 Å². The Morgan fingerprint density at radius 2 is 1.63 bits per heavy atom. The van der Waals surface area contributed by atoms with Crippen molar-refractivity contribution in [2.75, 3.05) is 6.61 Å². The second-order valence-corrected chi connectivity index (χ2v) is 9.11. The van der Waals surface area contributed by atoms with Gasteiger partial charge < -0.3 is 15.0 Å². The van der Waals surface area contributed by atoms with Crippen molar-refractivity contribution in [3.05, 3.63) is 64.2 Å². The Morgan fingerprint density at radius 3 is 2.17 bits per heavy atom. The second kappa shape index (κ2) is 9.98. The van der Waals surface area contributed by atoms with Crippen molar-refractivity contribution in [3.8, 4) is 5.75 Å². The number of rotatable bonds is 7. The van der Waals surface area contributed by atoms with Gasteiger partial charge in [0.2, 0.25) is 5.91 Å². The van der Waals surface area contributed by atoms with E-state index in [9.17, 15) is 9.59 Å². The van der Waals surface area contributed by atoms with Crippen molar-refractivity contribution in [1.82, 2.24) is 10.2 Å². The summed E-state index contributed by atoms with van der Waals surface area (Å²) in [6, 6.07) is 12.4. The Bertz CT molecular complexity index is 868. The third kappa shape index (κ3) is 7.38. The van der Waals surface area contributed by atoms with Crippen molar-refractivity contribution in [2.24, 2.45) is 0 Å². The predicted octanol–water partition coefficient (Wildman–Crippen LogP) is 4.67. The third-order valence-electron chi connectivity index (χ3n) is 4.49. The number of nitrogens with one attached hydrogen (secondary N) is 1. The van der Waals surface area contributed by atoms with Crippen molar-refractivity contribution in [3.63, 3.8) is 0 Å². The molecule has 0 radical (unpaired) electrons. The maximum Gasteiger partial charge on any atom is 0.261 e. The van der Waals surface area contributed by atoms with Crippen LogP contribution < -0.4 is 10.1 Å². The average molecular weight is 431 g/mol. The van der Waals surface area contributed by atoms with Crippen molar-refractivity contribution in [2.45, 2.75) is 59.7 Å². The summed E-state index contributed by atoms with van der Waals surface area (Å²) in [7, 11) is 0. The number of amides is 2. The van der Waals surface area contributed by atoms with Gasteiger partial charge in [-0.15, -0.1) is 0 Å². The summed E-state index contributed by atoms with van der Waals surface area (Å²) in [5, 5.41) is 3.56. The smallest absolute Gasteiger partial charge is 0.261 e. The number of nitrogens with zero attached hydrogens (tertiary/aromatic N) is 1.